The van der Waals surface area contributed by atoms with E-state index in [1.165, 1.54) is 25.7 Å². The molecule has 2 saturated carbocycles. The van der Waals surface area contributed by atoms with Gasteiger partial charge in [0.2, 0.25) is 0 Å². The molecule has 2 N–H and O–H groups in total. The van der Waals surface area contributed by atoms with Crippen LogP contribution in [0.3, 0.4) is 0 Å². The second kappa shape index (κ2) is 4.42. The maximum atomic E-state index is 8.79. The van der Waals surface area contributed by atoms with Gasteiger partial charge in [-0.3, -0.25) is 0 Å². The minimum absolute atomic E-state index is 0.314. The van der Waals surface area contributed by atoms with E-state index in [1.807, 2.05) is 0 Å². The Morgan fingerprint density at radius 1 is 1.27 bits per heavy atom. The van der Waals surface area contributed by atoms with Crippen LogP contribution in [0.2, 0.25) is 0 Å². The van der Waals surface area contributed by atoms with E-state index < -0.39 is 0 Å². The number of aliphatic hydroxyl groups is 1. The molecule has 15 heavy (non-hydrogen) atoms. The highest BCUT2D eigenvalue weighted by atomic mass is 16.3. The van der Waals surface area contributed by atoms with Crippen LogP contribution < -0.4 is 5.32 Å². The standard InChI is InChI=1S/C13H25NO/c1-13(2)11-7-4-3-6-10(11)12(13)14-8-5-9-15/h10-12,14-15H,3-9H2,1-2H3/t10-,11+,12?/m1/s1. The Kier molecular flexibility index (Phi) is 3.36. The minimum Gasteiger partial charge on any atom is -0.396 e. The molecule has 0 aromatic heterocycles. The molecule has 2 fully saturated rings. The molecule has 0 saturated heterocycles. The summed E-state index contributed by atoms with van der Waals surface area (Å²) in [6, 6.07) is 0.703. The molecule has 2 aliphatic carbocycles. The molecule has 2 aliphatic rings. The third kappa shape index (κ3) is 1.94. The lowest BCUT2D eigenvalue weighted by molar-refractivity contribution is -0.0875. The Hall–Kier alpha value is -0.0800. The maximum absolute atomic E-state index is 8.79. The van der Waals surface area contributed by atoms with E-state index in [2.05, 4.69) is 19.2 Å². The van der Waals surface area contributed by atoms with E-state index >= 15 is 0 Å². The summed E-state index contributed by atoms with van der Waals surface area (Å²) in [5.74, 6) is 1.88. The van der Waals surface area contributed by atoms with E-state index in [9.17, 15) is 0 Å². The van der Waals surface area contributed by atoms with Crippen molar-refractivity contribution in [1.82, 2.24) is 5.32 Å². The number of aliphatic hydroxyl groups excluding tert-OH is 1. The highest BCUT2D eigenvalue weighted by molar-refractivity contribution is 5.08. The number of nitrogens with one attached hydrogen (secondary N) is 1. The average Bonchev–Trinajstić information content (AvgIpc) is 2.24. The van der Waals surface area contributed by atoms with Crippen molar-refractivity contribution in [2.45, 2.75) is 52.0 Å². The first-order valence-electron chi connectivity index (χ1n) is 6.52. The molecule has 0 spiro atoms. The molecule has 1 unspecified atom stereocenters. The number of hydrogen-bond donors (Lipinski definition) is 2. The van der Waals surface area contributed by atoms with Crippen molar-refractivity contribution in [2.24, 2.45) is 17.3 Å². The predicted molar refractivity (Wildman–Crippen MR) is 62.7 cm³/mol. The van der Waals surface area contributed by atoms with Crippen LogP contribution in [-0.4, -0.2) is 24.3 Å². The van der Waals surface area contributed by atoms with Crippen molar-refractivity contribution in [2.75, 3.05) is 13.2 Å². The summed E-state index contributed by atoms with van der Waals surface area (Å²) in [5.41, 5.74) is 0.487. The highest BCUT2D eigenvalue weighted by Crippen LogP contribution is 2.56. The Morgan fingerprint density at radius 3 is 2.73 bits per heavy atom. The summed E-state index contributed by atoms with van der Waals surface area (Å²) in [7, 11) is 0. The van der Waals surface area contributed by atoms with Crippen LogP contribution in [0.4, 0.5) is 0 Å². The zero-order chi connectivity index (χ0) is 10.9. The van der Waals surface area contributed by atoms with Crippen LogP contribution in [0, 0.1) is 17.3 Å². The largest absolute Gasteiger partial charge is 0.396 e. The zero-order valence-electron chi connectivity index (χ0n) is 10.1. The summed E-state index contributed by atoms with van der Waals surface area (Å²) >= 11 is 0. The second-order valence-corrected chi connectivity index (χ2v) is 5.89. The van der Waals surface area contributed by atoms with Gasteiger partial charge in [0.1, 0.15) is 0 Å². The van der Waals surface area contributed by atoms with Crippen molar-refractivity contribution >= 4 is 0 Å². The minimum atomic E-state index is 0.314. The molecule has 88 valence electrons. The van der Waals surface area contributed by atoms with E-state index in [1.54, 1.807) is 0 Å². The van der Waals surface area contributed by atoms with Gasteiger partial charge in [-0.15, -0.1) is 0 Å². The molecular formula is C13H25NO. The van der Waals surface area contributed by atoms with Gasteiger partial charge in [0.15, 0.2) is 0 Å². The molecule has 0 bridgehead atoms. The molecular weight excluding hydrogens is 186 g/mol. The highest BCUT2D eigenvalue weighted by Gasteiger charge is 2.55. The zero-order valence-corrected chi connectivity index (χ0v) is 10.1. The first kappa shape index (κ1) is 11.4. The van der Waals surface area contributed by atoms with E-state index in [4.69, 9.17) is 5.11 Å². The van der Waals surface area contributed by atoms with Crippen LogP contribution >= 0.6 is 0 Å². The van der Waals surface area contributed by atoms with Crippen LogP contribution in [0.25, 0.3) is 0 Å². The lowest BCUT2D eigenvalue weighted by Gasteiger charge is -2.61. The summed E-state index contributed by atoms with van der Waals surface area (Å²) in [4.78, 5) is 0. The van der Waals surface area contributed by atoms with Crippen LogP contribution in [-0.2, 0) is 0 Å². The third-order valence-corrected chi connectivity index (χ3v) is 4.70. The molecule has 0 aliphatic heterocycles. The van der Waals surface area contributed by atoms with Gasteiger partial charge in [-0.2, -0.15) is 0 Å². The topological polar surface area (TPSA) is 32.3 Å². The van der Waals surface area contributed by atoms with E-state index in [0.29, 0.717) is 18.1 Å². The van der Waals surface area contributed by atoms with Crippen molar-refractivity contribution in [1.29, 1.82) is 0 Å². The molecule has 0 aromatic carbocycles. The van der Waals surface area contributed by atoms with Gasteiger partial charge in [0, 0.05) is 12.6 Å². The fourth-order valence-corrected chi connectivity index (χ4v) is 3.90. The Balaban J connectivity index is 1.87. The van der Waals surface area contributed by atoms with Crippen molar-refractivity contribution in [3.63, 3.8) is 0 Å². The maximum Gasteiger partial charge on any atom is 0.0443 e. The smallest absolute Gasteiger partial charge is 0.0443 e. The summed E-state index contributed by atoms with van der Waals surface area (Å²) in [5, 5.41) is 12.4. The normalized spacial score (nSPS) is 38.2. The Bertz CT molecular complexity index is 215. The molecule has 0 radical (unpaired) electrons. The lowest BCUT2D eigenvalue weighted by Crippen LogP contribution is -2.64. The molecule has 3 atom stereocenters. The van der Waals surface area contributed by atoms with Gasteiger partial charge >= 0.3 is 0 Å². The van der Waals surface area contributed by atoms with Crippen molar-refractivity contribution in [3.05, 3.63) is 0 Å². The van der Waals surface area contributed by atoms with Gasteiger partial charge in [-0.05, 0) is 43.1 Å². The Labute approximate surface area is 93.5 Å². The van der Waals surface area contributed by atoms with Crippen LogP contribution in [0.1, 0.15) is 46.0 Å². The molecule has 0 heterocycles. The van der Waals surface area contributed by atoms with Gasteiger partial charge in [-0.1, -0.05) is 26.7 Å². The summed E-state index contributed by atoms with van der Waals surface area (Å²) in [6.45, 7) is 6.12. The summed E-state index contributed by atoms with van der Waals surface area (Å²) in [6.07, 6.45) is 6.62. The fraction of sp³-hybridized carbons (Fsp3) is 1.00. The number of rotatable bonds is 4. The van der Waals surface area contributed by atoms with E-state index in [-0.39, 0.29) is 0 Å². The van der Waals surface area contributed by atoms with E-state index in [0.717, 1.165) is 24.8 Å². The monoisotopic (exact) mass is 211 g/mol. The third-order valence-electron chi connectivity index (χ3n) is 4.70. The molecule has 2 heteroatoms. The Morgan fingerprint density at radius 2 is 2.00 bits per heavy atom. The van der Waals surface area contributed by atoms with Crippen molar-refractivity contribution < 1.29 is 5.11 Å². The van der Waals surface area contributed by atoms with Crippen LogP contribution in [0.5, 0.6) is 0 Å². The van der Waals surface area contributed by atoms with Gasteiger partial charge in [-0.25, -0.2) is 0 Å². The lowest BCUT2D eigenvalue weighted by atomic mass is 9.48. The van der Waals surface area contributed by atoms with Crippen LogP contribution in [0.15, 0.2) is 0 Å². The fourth-order valence-electron chi connectivity index (χ4n) is 3.90. The molecule has 0 aromatic rings. The molecule has 2 rings (SSSR count). The SMILES string of the molecule is CC1(C)C(NCCCO)[C@@H]2CCCC[C@@H]21. The van der Waals surface area contributed by atoms with Gasteiger partial charge in [0.25, 0.3) is 0 Å². The predicted octanol–water partition coefficient (Wildman–Crippen LogP) is 2.17. The molecule has 2 nitrogen and oxygen atoms in total. The quantitative estimate of drug-likeness (QED) is 0.699. The van der Waals surface area contributed by atoms with Gasteiger partial charge < -0.3 is 10.4 Å². The van der Waals surface area contributed by atoms with Gasteiger partial charge in [0.05, 0.1) is 0 Å². The first-order valence-corrected chi connectivity index (χ1v) is 6.52. The second-order valence-electron chi connectivity index (χ2n) is 5.89. The first-order chi connectivity index (χ1) is 7.18. The van der Waals surface area contributed by atoms with Crippen molar-refractivity contribution in [3.8, 4) is 0 Å². The average molecular weight is 211 g/mol. The number of fused-ring (bicyclic) bond motifs is 1. The molecule has 0 amide bonds. The number of hydrogen-bond acceptors (Lipinski definition) is 2. The summed E-state index contributed by atoms with van der Waals surface area (Å²) < 4.78 is 0.